The van der Waals surface area contributed by atoms with Crippen LogP contribution in [0.15, 0.2) is 11.1 Å². The molecule has 0 unspecified atom stereocenters. The number of allylic oxidation sites excluding steroid dienone is 1. The van der Waals surface area contributed by atoms with Gasteiger partial charge in [-0.25, -0.2) is 0 Å². The van der Waals surface area contributed by atoms with Crippen LogP contribution in [0.3, 0.4) is 0 Å². The summed E-state index contributed by atoms with van der Waals surface area (Å²) in [4.78, 5) is 12.2. The normalized spacial score (nSPS) is 60.8. The summed E-state index contributed by atoms with van der Waals surface area (Å²) < 4.78 is 0. The van der Waals surface area contributed by atoms with Crippen LogP contribution >= 0.6 is 0 Å². The number of piperidine rings is 1. The van der Waals surface area contributed by atoms with Gasteiger partial charge in [0.1, 0.15) is 0 Å². The average Bonchev–Trinajstić information content (AvgIpc) is 2.48. The maximum Gasteiger partial charge on any atom is 0.228 e. The van der Waals surface area contributed by atoms with E-state index in [-0.39, 0.29) is 27.7 Å². The summed E-state index contributed by atoms with van der Waals surface area (Å²) in [5, 5.41) is 3.21. The average molecular weight is 205 g/mol. The predicted octanol–water partition coefficient (Wildman–Crippen LogP) is 2.26. The second-order valence-electron chi connectivity index (χ2n) is 6.20. The summed E-state index contributed by atoms with van der Waals surface area (Å²) in [5.41, 5.74) is 2.67. The monoisotopic (exact) mass is 205 g/mol. The molecule has 1 heterocycles. The van der Waals surface area contributed by atoms with Crippen molar-refractivity contribution in [2.75, 3.05) is 0 Å². The Morgan fingerprint density at radius 1 is 0.933 bits per heavy atom. The van der Waals surface area contributed by atoms with Crippen LogP contribution in [-0.2, 0) is 4.79 Å². The molecule has 2 heteroatoms. The Hall–Kier alpha value is -0.790. The van der Waals surface area contributed by atoms with Crippen molar-refractivity contribution >= 4 is 5.91 Å². The molecule has 0 aromatic heterocycles. The fraction of sp³-hybridized carbons (Fsp3) is 0.769. The number of amides is 1. The molecule has 0 aromatic carbocycles. The third kappa shape index (κ3) is 0.458. The minimum Gasteiger partial charge on any atom is -0.346 e. The number of carbonyl (C=O) groups excluding carboxylic acids is 1. The van der Waals surface area contributed by atoms with Crippen LogP contribution in [0.4, 0.5) is 0 Å². The van der Waals surface area contributed by atoms with Crippen molar-refractivity contribution in [2.24, 2.45) is 16.2 Å². The van der Waals surface area contributed by atoms with Gasteiger partial charge in [-0.1, -0.05) is 19.4 Å². The van der Waals surface area contributed by atoms with E-state index < -0.39 is 0 Å². The van der Waals surface area contributed by atoms with Gasteiger partial charge in [0, 0.05) is 10.8 Å². The fourth-order valence-electron chi connectivity index (χ4n) is 5.02. The van der Waals surface area contributed by atoms with E-state index in [0.29, 0.717) is 0 Å². The highest BCUT2D eigenvalue weighted by Crippen LogP contribution is 2.91. The lowest BCUT2D eigenvalue weighted by atomic mass is 9.79. The molecule has 2 fully saturated rings. The highest BCUT2D eigenvalue weighted by atomic mass is 16.2. The Morgan fingerprint density at radius 3 is 1.87 bits per heavy atom. The summed E-state index contributed by atoms with van der Waals surface area (Å²) in [7, 11) is 0. The molecule has 0 spiro atoms. The number of nitrogens with one attached hydrogen (secondary N) is 1. The van der Waals surface area contributed by atoms with Gasteiger partial charge in [0.05, 0.1) is 11.0 Å². The molecule has 0 bridgehead atoms. The molecule has 0 radical (unpaired) electrons. The molecule has 1 N–H and O–H groups in total. The van der Waals surface area contributed by atoms with Crippen LogP contribution in [0.5, 0.6) is 0 Å². The Kier molecular flexibility index (Phi) is 1.12. The number of hydrogen-bond donors (Lipinski definition) is 1. The van der Waals surface area contributed by atoms with Gasteiger partial charge < -0.3 is 5.32 Å². The zero-order chi connectivity index (χ0) is 11.4. The van der Waals surface area contributed by atoms with Gasteiger partial charge in [0.2, 0.25) is 5.91 Å². The first-order chi connectivity index (χ1) is 6.69. The Balaban J connectivity index is 2.38. The lowest BCUT2D eigenvalue weighted by molar-refractivity contribution is -0.125. The van der Waals surface area contributed by atoms with Crippen molar-refractivity contribution < 1.29 is 4.79 Å². The second-order valence-corrected chi connectivity index (χ2v) is 6.20. The maximum absolute atomic E-state index is 12.2. The summed E-state index contributed by atoms with van der Waals surface area (Å²) in [6, 6.07) is 0. The standard InChI is InChI=1S/C13H19NO/c1-7-8(2)12(5)13(6)10(7,3)11(13,4)9(15)14-12/h1-6H3,(H,14,15)/t10-,11+,12-,13-/m1/s1. The molecular formula is C13H19NO. The van der Waals surface area contributed by atoms with Crippen molar-refractivity contribution in [2.45, 2.75) is 47.1 Å². The van der Waals surface area contributed by atoms with Crippen LogP contribution in [0.25, 0.3) is 0 Å². The van der Waals surface area contributed by atoms with E-state index >= 15 is 0 Å². The van der Waals surface area contributed by atoms with E-state index in [0.717, 1.165) is 0 Å². The van der Waals surface area contributed by atoms with Crippen LogP contribution in [0.2, 0.25) is 0 Å². The third-order valence-electron chi connectivity index (χ3n) is 6.82. The summed E-state index contributed by atoms with van der Waals surface area (Å²) in [6.07, 6.45) is 0. The van der Waals surface area contributed by atoms with E-state index in [4.69, 9.17) is 0 Å². The molecule has 4 atom stereocenters. The first-order valence-corrected chi connectivity index (χ1v) is 5.70. The number of carbonyl (C=O) groups is 1. The minimum atomic E-state index is -0.182. The fourth-order valence-corrected chi connectivity index (χ4v) is 5.02. The van der Waals surface area contributed by atoms with Gasteiger partial charge in [-0.15, -0.1) is 0 Å². The predicted molar refractivity (Wildman–Crippen MR) is 59.2 cm³/mol. The van der Waals surface area contributed by atoms with Crippen LogP contribution in [0.1, 0.15) is 41.5 Å². The number of fused-ring (bicyclic) bond motifs is 1. The number of rotatable bonds is 0. The van der Waals surface area contributed by atoms with E-state index in [1.54, 1.807) is 0 Å². The smallest absolute Gasteiger partial charge is 0.228 e. The van der Waals surface area contributed by atoms with Crippen molar-refractivity contribution in [1.82, 2.24) is 5.32 Å². The van der Waals surface area contributed by atoms with Crippen molar-refractivity contribution in [3.8, 4) is 0 Å². The van der Waals surface area contributed by atoms with Gasteiger partial charge in [0.15, 0.2) is 0 Å². The topological polar surface area (TPSA) is 29.1 Å². The lowest BCUT2D eigenvalue weighted by Crippen LogP contribution is -2.47. The van der Waals surface area contributed by atoms with Gasteiger partial charge >= 0.3 is 0 Å². The van der Waals surface area contributed by atoms with E-state index in [9.17, 15) is 4.79 Å². The molecule has 2 nitrogen and oxygen atoms in total. The summed E-state index contributed by atoms with van der Waals surface area (Å²) in [6.45, 7) is 13.2. The summed E-state index contributed by atoms with van der Waals surface area (Å²) in [5.74, 6) is 0.242. The molecule has 15 heavy (non-hydrogen) atoms. The van der Waals surface area contributed by atoms with E-state index in [2.05, 4.69) is 46.9 Å². The molecule has 0 aromatic rings. The van der Waals surface area contributed by atoms with Gasteiger partial charge in [-0.2, -0.15) is 0 Å². The quantitative estimate of drug-likeness (QED) is 0.604. The highest BCUT2D eigenvalue weighted by molar-refractivity contribution is 5.97. The Morgan fingerprint density at radius 2 is 1.47 bits per heavy atom. The molecule has 1 saturated carbocycles. The lowest BCUT2D eigenvalue weighted by Gasteiger charge is -2.31. The van der Waals surface area contributed by atoms with Crippen LogP contribution < -0.4 is 5.32 Å². The van der Waals surface area contributed by atoms with Crippen molar-refractivity contribution in [3.63, 3.8) is 0 Å². The molecule has 3 aliphatic rings. The Labute approximate surface area is 91.1 Å². The minimum absolute atomic E-state index is 0.0816. The van der Waals surface area contributed by atoms with Crippen LogP contribution in [0, 0.1) is 16.2 Å². The largest absolute Gasteiger partial charge is 0.346 e. The van der Waals surface area contributed by atoms with Crippen molar-refractivity contribution in [3.05, 3.63) is 11.1 Å². The molecule has 2 aliphatic carbocycles. The van der Waals surface area contributed by atoms with Gasteiger partial charge in [-0.3, -0.25) is 4.79 Å². The molecule has 82 valence electrons. The highest BCUT2D eigenvalue weighted by Gasteiger charge is 2.95. The molecule has 1 amide bonds. The molecular weight excluding hydrogens is 186 g/mol. The van der Waals surface area contributed by atoms with E-state index in [1.165, 1.54) is 11.1 Å². The Bertz CT molecular complexity index is 445. The molecule has 1 saturated heterocycles. The zero-order valence-corrected chi connectivity index (χ0v) is 10.4. The third-order valence-corrected chi connectivity index (χ3v) is 6.82. The van der Waals surface area contributed by atoms with Gasteiger partial charge in [0.25, 0.3) is 0 Å². The van der Waals surface area contributed by atoms with Gasteiger partial charge in [-0.05, 0) is 33.3 Å². The SMILES string of the molecule is CC1=C(C)[C@@]2(C)NC(=O)[C@@]3(C)[C@]1(C)[C@]32C. The van der Waals surface area contributed by atoms with E-state index in [1.807, 2.05) is 0 Å². The zero-order valence-electron chi connectivity index (χ0n) is 10.4. The van der Waals surface area contributed by atoms with Crippen molar-refractivity contribution in [1.29, 1.82) is 0 Å². The maximum atomic E-state index is 12.2. The first-order valence-electron chi connectivity index (χ1n) is 5.70. The number of hydrogen-bond acceptors (Lipinski definition) is 1. The first kappa shape index (κ1) is 9.44. The molecule has 1 aliphatic heterocycles. The summed E-state index contributed by atoms with van der Waals surface area (Å²) >= 11 is 0. The second kappa shape index (κ2) is 1.79. The van der Waals surface area contributed by atoms with Crippen LogP contribution in [-0.4, -0.2) is 11.4 Å². The molecule has 3 rings (SSSR count).